The molecule has 1 heterocycles. The number of nitro groups is 1. The molecular formula is C13H24N4O2. The van der Waals surface area contributed by atoms with E-state index in [1.54, 1.807) is 11.7 Å². The maximum atomic E-state index is 11.3. The second-order valence-electron chi connectivity index (χ2n) is 4.78. The minimum Gasteiger partial charge on any atom is -0.314 e. The summed E-state index contributed by atoms with van der Waals surface area (Å²) < 4.78 is 1.68. The standard InChI is InChI=1S/C13H24N4O2/c1-6-10(9(4)14-8-3)12-13(17(18)19)11(7-2)15-16(12)5/h9-10,14H,6-8H2,1-5H3. The first-order valence-corrected chi connectivity index (χ1v) is 6.91. The van der Waals surface area contributed by atoms with Crippen molar-refractivity contribution in [3.8, 4) is 0 Å². The molecule has 0 radical (unpaired) electrons. The fraction of sp³-hybridized carbons (Fsp3) is 0.769. The molecule has 0 fully saturated rings. The third kappa shape index (κ3) is 3.12. The van der Waals surface area contributed by atoms with Crippen LogP contribution in [0.3, 0.4) is 0 Å². The molecule has 0 saturated heterocycles. The highest BCUT2D eigenvalue weighted by atomic mass is 16.6. The zero-order valence-corrected chi connectivity index (χ0v) is 12.4. The molecule has 0 spiro atoms. The van der Waals surface area contributed by atoms with Gasteiger partial charge >= 0.3 is 5.69 Å². The number of aryl methyl sites for hydroxylation is 2. The van der Waals surface area contributed by atoms with E-state index in [0.29, 0.717) is 12.1 Å². The quantitative estimate of drug-likeness (QED) is 0.608. The molecule has 0 aliphatic carbocycles. The van der Waals surface area contributed by atoms with E-state index < -0.39 is 0 Å². The van der Waals surface area contributed by atoms with Crippen LogP contribution in [0.4, 0.5) is 5.69 Å². The monoisotopic (exact) mass is 268 g/mol. The van der Waals surface area contributed by atoms with Gasteiger partial charge in [0.25, 0.3) is 0 Å². The fourth-order valence-electron chi connectivity index (χ4n) is 2.68. The van der Waals surface area contributed by atoms with Gasteiger partial charge in [-0.05, 0) is 26.3 Å². The molecular weight excluding hydrogens is 244 g/mol. The van der Waals surface area contributed by atoms with Crippen molar-refractivity contribution in [3.05, 3.63) is 21.5 Å². The Morgan fingerprint density at radius 3 is 2.47 bits per heavy atom. The Morgan fingerprint density at radius 1 is 1.42 bits per heavy atom. The van der Waals surface area contributed by atoms with Crippen molar-refractivity contribution in [1.29, 1.82) is 0 Å². The summed E-state index contributed by atoms with van der Waals surface area (Å²) in [5.74, 6) is 0.0955. The molecule has 1 aromatic rings. The average Bonchev–Trinajstić information content (AvgIpc) is 2.68. The summed E-state index contributed by atoms with van der Waals surface area (Å²) in [6.45, 7) is 8.91. The van der Waals surface area contributed by atoms with Gasteiger partial charge in [-0.2, -0.15) is 5.10 Å². The highest BCUT2D eigenvalue weighted by Crippen LogP contribution is 2.33. The first kappa shape index (κ1) is 15.6. The molecule has 0 aliphatic heterocycles. The topological polar surface area (TPSA) is 73.0 Å². The fourth-order valence-corrected chi connectivity index (χ4v) is 2.68. The van der Waals surface area contributed by atoms with Crippen LogP contribution in [0.15, 0.2) is 0 Å². The zero-order chi connectivity index (χ0) is 14.6. The van der Waals surface area contributed by atoms with Gasteiger partial charge < -0.3 is 5.32 Å². The summed E-state index contributed by atoms with van der Waals surface area (Å²) >= 11 is 0. The lowest BCUT2D eigenvalue weighted by Gasteiger charge is -2.23. The average molecular weight is 268 g/mol. The van der Waals surface area contributed by atoms with Gasteiger partial charge in [0.05, 0.1) is 4.92 Å². The lowest BCUT2D eigenvalue weighted by atomic mass is 9.93. The Morgan fingerprint density at radius 2 is 2.05 bits per heavy atom. The predicted molar refractivity (Wildman–Crippen MR) is 75.4 cm³/mol. The van der Waals surface area contributed by atoms with E-state index in [0.717, 1.165) is 18.7 Å². The van der Waals surface area contributed by atoms with Crippen LogP contribution >= 0.6 is 0 Å². The SMILES string of the molecule is CCNC(C)C(CC)c1c([N+](=O)[O-])c(CC)nn1C. The molecule has 1 rings (SSSR count). The Kier molecular flexibility index (Phi) is 5.47. The van der Waals surface area contributed by atoms with Gasteiger partial charge in [0.15, 0.2) is 0 Å². The van der Waals surface area contributed by atoms with Crippen LogP contribution in [0, 0.1) is 10.1 Å². The third-order valence-electron chi connectivity index (χ3n) is 3.57. The molecule has 108 valence electrons. The molecule has 0 bridgehead atoms. The molecule has 0 saturated carbocycles. The summed E-state index contributed by atoms with van der Waals surface area (Å²) in [5.41, 5.74) is 1.50. The van der Waals surface area contributed by atoms with Crippen molar-refractivity contribution in [2.45, 2.75) is 52.5 Å². The van der Waals surface area contributed by atoms with Crippen LogP contribution in [-0.4, -0.2) is 27.3 Å². The minimum absolute atomic E-state index is 0.0955. The number of likely N-dealkylation sites (N-methyl/N-ethyl adjacent to an activating group) is 1. The molecule has 1 aromatic heterocycles. The third-order valence-corrected chi connectivity index (χ3v) is 3.57. The van der Waals surface area contributed by atoms with Crippen molar-refractivity contribution in [2.75, 3.05) is 6.54 Å². The molecule has 2 atom stereocenters. The van der Waals surface area contributed by atoms with Crippen molar-refractivity contribution >= 4 is 5.69 Å². The molecule has 19 heavy (non-hydrogen) atoms. The zero-order valence-electron chi connectivity index (χ0n) is 12.4. The molecule has 6 heteroatoms. The van der Waals surface area contributed by atoms with E-state index in [9.17, 15) is 10.1 Å². The molecule has 0 aliphatic rings. The maximum Gasteiger partial charge on any atom is 0.313 e. The predicted octanol–water partition coefficient (Wildman–Crippen LogP) is 2.38. The van der Waals surface area contributed by atoms with Gasteiger partial charge in [-0.3, -0.25) is 14.8 Å². The van der Waals surface area contributed by atoms with Crippen LogP contribution in [-0.2, 0) is 13.5 Å². The molecule has 1 N–H and O–H groups in total. The Labute approximate surface area is 114 Å². The van der Waals surface area contributed by atoms with E-state index in [4.69, 9.17) is 0 Å². The molecule has 2 unspecified atom stereocenters. The first-order valence-electron chi connectivity index (χ1n) is 6.91. The number of hydrogen-bond acceptors (Lipinski definition) is 4. The van der Waals surface area contributed by atoms with Crippen LogP contribution in [0.1, 0.15) is 51.4 Å². The van der Waals surface area contributed by atoms with Crippen molar-refractivity contribution in [3.63, 3.8) is 0 Å². The molecule has 6 nitrogen and oxygen atoms in total. The largest absolute Gasteiger partial charge is 0.314 e. The summed E-state index contributed by atoms with van der Waals surface area (Å²) in [6, 6.07) is 0.189. The molecule has 0 aromatic carbocycles. The lowest BCUT2D eigenvalue weighted by Crippen LogP contribution is -2.33. The van der Waals surface area contributed by atoms with Crippen molar-refractivity contribution in [2.24, 2.45) is 7.05 Å². The van der Waals surface area contributed by atoms with Gasteiger partial charge in [-0.15, -0.1) is 0 Å². The Balaban J connectivity index is 3.30. The first-order chi connectivity index (χ1) is 8.97. The van der Waals surface area contributed by atoms with E-state index >= 15 is 0 Å². The number of nitrogens with zero attached hydrogens (tertiary/aromatic N) is 3. The van der Waals surface area contributed by atoms with Crippen LogP contribution in [0.5, 0.6) is 0 Å². The Hall–Kier alpha value is -1.43. The van der Waals surface area contributed by atoms with E-state index in [-0.39, 0.29) is 22.6 Å². The normalized spacial score (nSPS) is 14.4. The summed E-state index contributed by atoms with van der Waals surface area (Å²) in [4.78, 5) is 11.1. The highest BCUT2D eigenvalue weighted by Gasteiger charge is 2.32. The van der Waals surface area contributed by atoms with Crippen molar-refractivity contribution < 1.29 is 4.92 Å². The smallest absolute Gasteiger partial charge is 0.313 e. The van der Waals surface area contributed by atoms with Crippen LogP contribution in [0.25, 0.3) is 0 Å². The van der Waals surface area contributed by atoms with Gasteiger partial charge in [0.2, 0.25) is 0 Å². The van der Waals surface area contributed by atoms with Crippen LogP contribution < -0.4 is 5.32 Å². The summed E-state index contributed by atoms with van der Waals surface area (Å²) in [6.07, 6.45) is 1.42. The minimum atomic E-state index is -0.289. The number of rotatable bonds is 7. The molecule has 0 amide bonds. The Bertz CT molecular complexity index is 442. The van der Waals surface area contributed by atoms with Crippen LogP contribution in [0.2, 0.25) is 0 Å². The van der Waals surface area contributed by atoms with E-state index in [1.165, 1.54) is 0 Å². The van der Waals surface area contributed by atoms with Gasteiger partial charge in [0, 0.05) is 19.0 Å². The van der Waals surface area contributed by atoms with Gasteiger partial charge in [0.1, 0.15) is 11.4 Å². The summed E-state index contributed by atoms with van der Waals surface area (Å²) in [7, 11) is 1.79. The van der Waals surface area contributed by atoms with Gasteiger partial charge in [-0.1, -0.05) is 20.8 Å². The number of nitrogens with one attached hydrogen (secondary N) is 1. The van der Waals surface area contributed by atoms with E-state index in [1.807, 2.05) is 13.8 Å². The second-order valence-corrected chi connectivity index (χ2v) is 4.78. The second kappa shape index (κ2) is 6.65. The number of aromatic nitrogens is 2. The number of hydrogen-bond donors (Lipinski definition) is 1. The lowest BCUT2D eigenvalue weighted by molar-refractivity contribution is -0.386. The highest BCUT2D eigenvalue weighted by molar-refractivity contribution is 5.44. The van der Waals surface area contributed by atoms with Gasteiger partial charge in [-0.25, -0.2) is 0 Å². The van der Waals surface area contributed by atoms with E-state index in [2.05, 4.69) is 24.3 Å². The maximum absolute atomic E-state index is 11.3. The summed E-state index contributed by atoms with van der Waals surface area (Å²) in [5, 5.41) is 19.0. The van der Waals surface area contributed by atoms with Crippen molar-refractivity contribution in [1.82, 2.24) is 15.1 Å².